The lowest BCUT2D eigenvalue weighted by Gasteiger charge is -2.06. The summed E-state index contributed by atoms with van der Waals surface area (Å²) in [6.45, 7) is 4.92. The van der Waals surface area contributed by atoms with Crippen LogP contribution >= 0.6 is 23.5 Å². The average molecular weight is 366 g/mol. The van der Waals surface area contributed by atoms with Crippen LogP contribution in [0.15, 0.2) is 34.6 Å². The van der Waals surface area contributed by atoms with Gasteiger partial charge in [0, 0.05) is 32.0 Å². The highest BCUT2D eigenvalue weighted by Gasteiger charge is 2.10. The van der Waals surface area contributed by atoms with Crippen molar-refractivity contribution in [1.82, 2.24) is 25.1 Å². The molecule has 0 fully saturated rings. The monoisotopic (exact) mass is 365 g/mol. The summed E-state index contributed by atoms with van der Waals surface area (Å²) in [4.78, 5) is 16.0. The first kappa shape index (κ1) is 18.8. The number of thioether (sulfide) groups is 2. The maximum absolute atomic E-state index is 11.9. The third kappa shape index (κ3) is 6.16. The third-order valence-electron chi connectivity index (χ3n) is 3.13. The van der Waals surface area contributed by atoms with E-state index in [1.54, 1.807) is 18.0 Å². The summed E-state index contributed by atoms with van der Waals surface area (Å²) in [6, 6.07) is 5.67. The van der Waals surface area contributed by atoms with Gasteiger partial charge in [-0.2, -0.15) is 0 Å². The first-order chi connectivity index (χ1) is 11.6. The highest BCUT2D eigenvalue weighted by atomic mass is 32.2. The summed E-state index contributed by atoms with van der Waals surface area (Å²) in [7, 11) is 1.97. The number of rotatable bonds is 9. The van der Waals surface area contributed by atoms with Gasteiger partial charge in [0.2, 0.25) is 5.91 Å². The summed E-state index contributed by atoms with van der Waals surface area (Å²) in [6.07, 6.45) is 2.40. The van der Waals surface area contributed by atoms with Crippen molar-refractivity contribution >= 4 is 29.4 Å². The molecule has 0 aliphatic rings. The van der Waals surface area contributed by atoms with E-state index in [4.69, 9.17) is 0 Å². The molecule has 6 nitrogen and oxygen atoms in total. The van der Waals surface area contributed by atoms with Gasteiger partial charge in [0.05, 0.1) is 10.8 Å². The largest absolute Gasteiger partial charge is 0.355 e. The van der Waals surface area contributed by atoms with Gasteiger partial charge in [-0.25, -0.2) is 4.98 Å². The minimum atomic E-state index is 0.00206. The molecular weight excluding hydrogens is 342 g/mol. The lowest BCUT2D eigenvalue weighted by molar-refractivity contribution is -0.118. The lowest BCUT2D eigenvalue weighted by atomic mass is 10.3. The second kappa shape index (κ2) is 9.68. The van der Waals surface area contributed by atoms with Crippen molar-refractivity contribution in [2.75, 3.05) is 18.1 Å². The van der Waals surface area contributed by atoms with E-state index < -0.39 is 0 Å². The molecule has 0 spiro atoms. The summed E-state index contributed by atoms with van der Waals surface area (Å²) in [5.41, 5.74) is 0. The van der Waals surface area contributed by atoms with E-state index in [1.807, 2.05) is 29.8 Å². The number of pyridine rings is 1. The van der Waals surface area contributed by atoms with Gasteiger partial charge in [0.1, 0.15) is 5.82 Å². The smallest absolute Gasteiger partial charge is 0.230 e. The Balaban J connectivity index is 1.71. The molecule has 0 radical (unpaired) electrons. The van der Waals surface area contributed by atoms with Crippen LogP contribution in [0.5, 0.6) is 0 Å². The molecule has 0 bridgehead atoms. The molecule has 0 atom stereocenters. The molecule has 2 aromatic rings. The molecule has 1 amide bonds. The van der Waals surface area contributed by atoms with Gasteiger partial charge in [-0.1, -0.05) is 43.4 Å². The molecule has 0 unspecified atom stereocenters. The number of nitrogens with one attached hydrogen (secondary N) is 1. The van der Waals surface area contributed by atoms with E-state index in [9.17, 15) is 4.79 Å². The van der Waals surface area contributed by atoms with Gasteiger partial charge in [-0.15, -0.1) is 10.2 Å². The van der Waals surface area contributed by atoms with Gasteiger partial charge in [0.25, 0.3) is 0 Å². The van der Waals surface area contributed by atoms with Crippen LogP contribution in [0.25, 0.3) is 0 Å². The van der Waals surface area contributed by atoms with Crippen molar-refractivity contribution in [1.29, 1.82) is 0 Å². The summed E-state index contributed by atoms with van der Waals surface area (Å²) >= 11 is 3.14. The first-order valence-corrected chi connectivity index (χ1v) is 9.85. The maximum atomic E-state index is 11.9. The van der Waals surface area contributed by atoms with E-state index in [2.05, 4.69) is 34.3 Å². The standard InChI is InChI=1S/C16H23N5OS2/c1-12(2)10-24-16-20-19-13(21(16)3)7-9-17-14(22)11-23-15-6-4-5-8-18-15/h4-6,8,12H,7,9-11H2,1-3H3,(H,17,22). The van der Waals surface area contributed by atoms with Gasteiger partial charge in [-0.3, -0.25) is 4.79 Å². The SMILES string of the molecule is CC(C)CSc1nnc(CCNC(=O)CSc2ccccn2)n1C. The van der Waals surface area contributed by atoms with Crippen LogP contribution < -0.4 is 5.32 Å². The van der Waals surface area contributed by atoms with Gasteiger partial charge >= 0.3 is 0 Å². The normalized spacial score (nSPS) is 11.0. The van der Waals surface area contributed by atoms with Crippen LogP contribution in [-0.4, -0.2) is 43.7 Å². The van der Waals surface area contributed by atoms with Crippen molar-refractivity contribution in [2.45, 2.75) is 30.5 Å². The Morgan fingerprint density at radius 1 is 1.29 bits per heavy atom. The number of amides is 1. The molecule has 0 aliphatic carbocycles. The Morgan fingerprint density at radius 3 is 2.83 bits per heavy atom. The fourth-order valence-corrected chi connectivity index (χ4v) is 3.44. The molecule has 2 aromatic heterocycles. The molecule has 130 valence electrons. The Morgan fingerprint density at radius 2 is 2.12 bits per heavy atom. The minimum Gasteiger partial charge on any atom is -0.355 e. The summed E-state index contributed by atoms with van der Waals surface area (Å²) in [5, 5.41) is 13.1. The molecule has 8 heteroatoms. The number of hydrogen-bond donors (Lipinski definition) is 1. The Bertz CT molecular complexity index is 645. The number of hydrogen-bond acceptors (Lipinski definition) is 6. The van der Waals surface area contributed by atoms with Crippen LogP contribution in [-0.2, 0) is 18.3 Å². The molecule has 0 saturated heterocycles. The molecule has 1 N–H and O–H groups in total. The highest BCUT2D eigenvalue weighted by molar-refractivity contribution is 8.00. The van der Waals surface area contributed by atoms with Crippen LogP contribution in [0, 0.1) is 5.92 Å². The van der Waals surface area contributed by atoms with Crippen molar-refractivity contribution < 1.29 is 4.79 Å². The van der Waals surface area contributed by atoms with Crippen LogP contribution in [0.3, 0.4) is 0 Å². The van der Waals surface area contributed by atoms with Crippen LogP contribution in [0.1, 0.15) is 19.7 Å². The second-order valence-corrected chi connectivity index (χ2v) is 7.70. The number of aromatic nitrogens is 4. The van der Waals surface area contributed by atoms with E-state index in [1.165, 1.54) is 11.8 Å². The molecule has 0 aromatic carbocycles. The Labute approximate surface area is 151 Å². The van der Waals surface area contributed by atoms with Crippen molar-refractivity contribution in [3.05, 3.63) is 30.2 Å². The molecular formula is C16H23N5OS2. The van der Waals surface area contributed by atoms with Gasteiger partial charge < -0.3 is 9.88 Å². The Kier molecular flexibility index (Phi) is 7.58. The van der Waals surface area contributed by atoms with Gasteiger partial charge in [0.15, 0.2) is 5.16 Å². The fraction of sp³-hybridized carbons (Fsp3) is 0.500. The number of carbonyl (C=O) groups excluding carboxylic acids is 1. The topological polar surface area (TPSA) is 72.7 Å². The molecule has 24 heavy (non-hydrogen) atoms. The summed E-state index contributed by atoms with van der Waals surface area (Å²) in [5.74, 6) is 2.89. The number of nitrogens with zero attached hydrogens (tertiary/aromatic N) is 4. The van der Waals surface area contributed by atoms with E-state index in [0.29, 0.717) is 24.6 Å². The van der Waals surface area contributed by atoms with Crippen LogP contribution in [0.2, 0.25) is 0 Å². The van der Waals surface area contributed by atoms with Gasteiger partial charge in [-0.05, 0) is 18.1 Å². The first-order valence-electron chi connectivity index (χ1n) is 7.88. The predicted octanol–water partition coefficient (Wildman–Crippen LogP) is 2.41. The zero-order chi connectivity index (χ0) is 17.4. The third-order valence-corrected chi connectivity index (χ3v) is 5.52. The zero-order valence-corrected chi connectivity index (χ0v) is 15.9. The minimum absolute atomic E-state index is 0.00206. The van der Waals surface area contributed by atoms with Crippen molar-refractivity contribution in [3.8, 4) is 0 Å². The molecule has 0 aliphatic heterocycles. The van der Waals surface area contributed by atoms with Crippen LogP contribution in [0.4, 0.5) is 0 Å². The average Bonchev–Trinajstić information content (AvgIpc) is 2.92. The van der Waals surface area contributed by atoms with E-state index in [0.717, 1.165) is 21.8 Å². The number of carbonyl (C=O) groups is 1. The van der Waals surface area contributed by atoms with Crippen molar-refractivity contribution in [2.24, 2.45) is 13.0 Å². The van der Waals surface area contributed by atoms with E-state index >= 15 is 0 Å². The zero-order valence-electron chi connectivity index (χ0n) is 14.2. The lowest BCUT2D eigenvalue weighted by Crippen LogP contribution is -2.28. The molecule has 2 rings (SSSR count). The molecule has 2 heterocycles. The molecule has 0 saturated carbocycles. The van der Waals surface area contributed by atoms with E-state index in [-0.39, 0.29) is 5.91 Å². The second-order valence-electron chi connectivity index (χ2n) is 5.72. The quantitative estimate of drug-likeness (QED) is 0.688. The van der Waals surface area contributed by atoms with Crippen molar-refractivity contribution in [3.63, 3.8) is 0 Å². The fourth-order valence-electron chi connectivity index (χ4n) is 1.87. The predicted molar refractivity (Wildman–Crippen MR) is 98.2 cm³/mol. The maximum Gasteiger partial charge on any atom is 0.230 e. The highest BCUT2D eigenvalue weighted by Crippen LogP contribution is 2.18. The Hall–Kier alpha value is -1.54. The summed E-state index contributed by atoms with van der Waals surface area (Å²) < 4.78 is 2.00.